The van der Waals surface area contributed by atoms with Crippen LogP contribution in [0.4, 0.5) is 10.6 Å². The van der Waals surface area contributed by atoms with E-state index in [9.17, 15) is 15.2 Å². The predicted octanol–water partition coefficient (Wildman–Crippen LogP) is 2.08. The van der Waals surface area contributed by atoms with E-state index < -0.39 is 0 Å². The molecule has 8 rings (SSSR count). The number of hydrogen-bond donors (Lipinski definition) is 3. The van der Waals surface area contributed by atoms with Crippen LogP contribution in [-0.2, 0) is 0 Å². The number of aliphatic hydroxyl groups excluding tert-OH is 1. The van der Waals surface area contributed by atoms with Crippen molar-refractivity contribution in [1.82, 2.24) is 35.0 Å². The highest BCUT2D eigenvalue weighted by Gasteiger charge is 2.48. The number of carbonyl (C=O) groups is 1. The predicted molar refractivity (Wildman–Crippen MR) is 166 cm³/mol. The Morgan fingerprint density at radius 2 is 2.16 bits per heavy atom. The van der Waals surface area contributed by atoms with E-state index in [-0.39, 0.29) is 30.8 Å². The first-order chi connectivity index (χ1) is 21.5. The Labute approximate surface area is 257 Å². The zero-order valence-electron chi connectivity index (χ0n) is 25.3. The topological polar surface area (TPSA) is 134 Å². The van der Waals surface area contributed by atoms with Gasteiger partial charge >= 0.3 is 6.03 Å². The lowest BCUT2D eigenvalue weighted by Crippen LogP contribution is -2.72. The number of nitrogens with one attached hydrogen (secondary N) is 2. The van der Waals surface area contributed by atoms with E-state index in [4.69, 9.17) is 9.72 Å². The molecule has 0 saturated carbocycles. The van der Waals surface area contributed by atoms with E-state index >= 15 is 0 Å². The van der Waals surface area contributed by atoms with Gasteiger partial charge in [0.05, 0.1) is 48.2 Å². The van der Waals surface area contributed by atoms with E-state index in [1.54, 1.807) is 10.7 Å². The lowest BCUT2D eigenvalue weighted by Gasteiger charge is -2.56. The lowest BCUT2D eigenvalue weighted by atomic mass is 9.87. The van der Waals surface area contributed by atoms with Gasteiger partial charge in [0, 0.05) is 50.0 Å². The fraction of sp³-hybridized carbons (Fsp3) is 0.562. The highest BCUT2D eigenvalue weighted by Crippen LogP contribution is 2.37. The van der Waals surface area contributed by atoms with Crippen LogP contribution in [0.2, 0.25) is 0 Å². The van der Waals surface area contributed by atoms with Crippen LogP contribution in [0.5, 0.6) is 5.75 Å². The number of ether oxygens (including phenoxy) is 1. The molecule has 0 radical (unpaired) electrons. The Bertz CT molecular complexity index is 1530. The smallest absolute Gasteiger partial charge is 0.318 e. The molecule has 0 aromatic carbocycles. The number of urea groups is 1. The van der Waals surface area contributed by atoms with Gasteiger partial charge in [-0.25, -0.2) is 14.3 Å². The Hall–Kier alpha value is -3.92. The van der Waals surface area contributed by atoms with Gasteiger partial charge in [-0.2, -0.15) is 10.4 Å². The number of fused-ring (bicyclic) bond motifs is 3. The summed E-state index contributed by atoms with van der Waals surface area (Å²) in [5.41, 5.74) is 3.42. The first kappa shape index (κ1) is 28.8. The van der Waals surface area contributed by atoms with Gasteiger partial charge in [-0.05, 0) is 62.4 Å². The molecule has 5 fully saturated rings. The van der Waals surface area contributed by atoms with Crippen LogP contribution in [-0.4, -0.2) is 113 Å². The summed E-state index contributed by atoms with van der Waals surface area (Å²) in [5.74, 6) is 1.57. The maximum atomic E-state index is 12.8. The number of aromatic nitrogens is 3. The second kappa shape index (κ2) is 11.9. The molecule has 12 nitrogen and oxygen atoms in total. The minimum atomic E-state index is -0.214. The summed E-state index contributed by atoms with van der Waals surface area (Å²) in [6, 6.07) is 8.26. The highest BCUT2D eigenvalue weighted by molar-refractivity contribution is 5.85. The van der Waals surface area contributed by atoms with Crippen molar-refractivity contribution in [1.29, 1.82) is 5.26 Å². The van der Waals surface area contributed by atoms with Gasteiger partial charge in [0.15, 0.2) is 0 Å². The van der Waals surface area contributed by atoms with E-state index in [2.05, 4.69) is 31.6 Å². The molecule has 3 N–H and O–H groups in total. The molecule has 5 aliphatic rings. The Balaban J connectivity index is 1.03. The van der Waals surface area contributed by atoms with Crippen LogP contribution >= 0.6 is 0 Å². The molecule has 0 aliphatic carbocycles. The van der Waals surface area contributed by atoms with Gasteiger partial charge < -0.3 is 30.3 Å². The van der Waals surface area contributed by atoms with Crippen molar-refractivity contribution in [2.24, 2.45) is 5.41 Å². The van der Waals surface area contributed by atoms with Gasteiger partial charge in [-0.15, -0.1) is 0 Å². The number of pyridine rings is 2. The summed E-state index contributed by atoms with van der Waals surface area (Å²) in [5, 5.41) is 30.2. The standard InChI is InChI=1S/C32H41N9O3/c1-2-24(19-42)37-31(43)41-25-11-26(41)17-39(16-25)29-4-3-22(14-35-29)28-12-27(18-40-30(28)23(13-33)15-36-40)44-10-9-38-8-6-32(21-38)5-7-34-20-32/h3-4,12,14-15,18,24-26,34,42H,2,5-11,16-17,19-21H2,1H3,(H,37,43)/t24-,25?,26?,32?/m1/s1. The van der Waals surface area contributed by atoms with Gasteiger partial charge in [-0.3, -0.25) is 4.90 Å². The summed E-state index contributed by atoms with van der Waals surface area (Å²) in [7, 11) is 0. The largest absolute Gasteiger partial charge is 0.491 e. The number of piperidine rings is 1. The minimum Gasteiger partial charge on any atom is -0.491 e. The number of nitriles is 1. The number of anilines is 1. The first-order valence-electron chi connectivity index (χ1n) is 15.9. The Morgan fingerprint density at radius 3 is 2.86 bits per heavy atom. The zero-order valence-corrected chi connectivity index (χ0v) is 25.3. The average molecular weight is 600 g/mol. The maximum absolute atomic E-state index is 12.8. The van der Waals surface area contributed by atoms with Crippen LogP contribution in [0.25, 0.3) is 16.6 Å². The van der Waals surface area contributed by atoms with E-state index in [0.29, 0.717) is 29.8 Å². The van der Waals surface area contributed by atoms with Crippen LogP contribution in [0, 0.1) is 16.7 Å². The molecule has 2 amide bonds. The van der Waals surface area contributed by atoms with Crippen molar-refractivity contribution in [2.45, 2.75) is 50.7 Å². The van der Waals surface area contributed by atoms with Crippen molar-refractivity contribution >= 4 is 17.4 Å². The summed E-state index contributed by atoms with van der Waals surface area (Å²) in [4.78, 5) is 24.3. The van der Waals surface area contributed by atoms with Crippen molar-refractivity contribution < 1.29 is 14.6 Å². The second-order valence-electron chi connectivity index (χ2n) is 12.9. The molecule has 44 heavy (non-hydrogen) atoms. The first-order valence-corrected chi connectivity index (χ1v) is 15.9. The normalized spacial score (nSPS) is 25.3. The minimum absolute atomic E-state index is 0.0540. The SMILES string of the molecule is CC[C@H](CO)NC(=O)N1C2CC1CN(c1ccc(-c3cc(OCCN4CCC5(CCNC5)C4)cn4ncc(C#N)c34)cn1)C2. The molecule has 5 saturated heterocycles. The van der Waals surface area contributed by atoms with E-state index in [1.165, 1.54) is 12.8 Å². The number of hydrogen-bond acceptors (Lipinski definition) is 9. The summed E-state index contributed by atoms with van der Waals surface area (Å²) >= 11 is 0. The fourth-order valence-corrected chi connectivity index (χ4v) is 7.52. The van der Waals surface area contributed by atoms with E-state index in [0.717, 1.165) is 74.7 Å². The fourth-order valence-electron chi connectivity index (χ4n) is 7.52. The second-order valence-corrected chi connectivity index (χ2v) is 12.9. The summed E-state index contributed by atoms with van der Waals surface area (Å²) in [6.07, 6.45) is 9.47. The quantitative estimate of drug-likeness (QED) is 0.338. The number of amides is 2. The highest BCUT2D eigenvalue weighted by atomic mass is 16.5. The van der Waals surface area contributed by atoms with E-state index in [1.807, 2.05) is 42.4 Å². The van der Waals surface area contributed by atoms with Gasteiger partial charge in [-0.1, -0.05) is 6.92 Å². The molecule has 3 aromatic rings. The third kappa shape index (κ3) is 5.33. The number of likely N-dealkylation sites (tertiary alicyclic amines) is 1. The van der Waals surface area contributed by atoms with Crippen molar-refractivity contribution in [3.63, 3.8) is 0 Å². The molecule has 3 aromatic heterocycles. The van der Waals surface area contributed by atoms with Crippen molar-refractivity contribution in [2.75, 3.05) is 63.9 Å². The third-order valence-corrected chi connectivity index (χ3v) is 10.1. The number of carbonyl (C=O) groups excluding carboxylic acids is 1. The molecule has 232 valence electrons. The molecule has 3 unspecified atom stereocenters. The number of aliphatic hydroxyl groups is 1. The number of rotatable bonds is 9. The Kier molecular flexibility index (Phi) is 7.78. The molecular weight excluding hydrogens is 558 g/mol. The van der Waals surface area contributed by atoms with Gasteiger partial charge in [0.1, 0.15) is 24.2 Å². The zero-order chi connectivity index (χ0) is 30.3. The van der Waals surface area contributed by atoms with Crippen molar-refractivity contribution in [3.05, 3.63) is 42.4 Å². The maximum Gasteiger partial charge on any atom is 0.318 e. The Morgan fingerprint density at radius 1 is 1.30 bits per heavy atom. The van der Waals surface area contributed by atoms with Gasteiger partial charge in [0.25, 0.3) is 0 Å². The lowest BCUT2D eigenvalue weighted by molar-refractivity contribution is 0.0340. The molecule has 1 spiro atoms. The van der Waals surface area contributed by atoms with Crippen molar-refractivity contribution in [3.8, 4) is 22.9 Å². The summed E-state index contributed by atoms with van der Waals surface area (Å²) in [6.45, 7) is 9.29. The third-order valence-electron chi connectivity index (χ3n) is 10.1. The molecule has 12 heteroatoms. The molecule has 4 atom stereocenters. The van der Waals surface area contributed by atoms with Gasteiger partial charge in [0.2, 0.25) is 0 Å². The number of nitrogens with zero attached hydrogens (tertiary/aromatic N) is 7. The molecule has 8 heterocycles. The average Bonchev–Trinajstić information content (AvgIpc) is 3.80. The molecular formula is C32H41N9O3. The monoisotopic (exact) mass is 599 g/mol. The molecule has 5 aliphatic heterocycles. The number of piperazine rings is 1. The molecule has 2 bridgehead atoms. The van der Waals surface area contributed by atoms with Crippen LogP contribution in [0.1, 0.15) is 38.2 Å². The summed E-state index contributed by atoms with van der Waals surface area (Å²) < 4.78 is 7.98. The van der Waals surface area contributed by atoms with Crippen LogP contribution < -0.4 is 20.3 Å². The van der Waals surface area contributed by atoms with Crippen LogP contribution in [0.15, 0.2) is 36.8 Å². The van der Waals surface area contributed by atoms with Crippen LogP contribution in [0.3, 0.4) is 0 Å².